The minimum absolute atomic E-state index is 0.253. The molecule has 3 aromatic rings. The molecule has 0 unspecified atom stereocenters. The molecule has 0 spiro atoms. The van der Waals surface area contributed by atoms with Crippen LogP contribution in [0.1, 0.15) is 11.5 Å². The van der Waals surface area contributed by atoms with E-state index in [-0.39, 0.29) is 5.75 Å². The second-order valence-corrected chi connectivity index (χ2v) is 4.50. The molecule has 0 saturated carbocycles. The van der Waals surface area contributed by atoms with Crippen molar-refractivity contribution in [3.05, 3.63) is 58.9 Å². The fourth-order valence-corrected chi connectivity index (χ4v) is 1.98. The van der Waals surface area contributed by atoms with Crippen LogP contribution in [0.4, 0.5) is 0 Å². The maximum absolute atomic E-state index is 9.21. The second kappa shape index (κ2) is 4.35. The summed E-state index contributed by atoms with van der Waals surface area (Å²) >= 11 is 5.90. The van der Waals surface area contributed by atoms with Crippen LogP contribution < -0.4 is 0 Å². The summed E-state index contributed by atoms with van der Waals surface area (Å²) in [6, 6.07) is 12.4. The van der Waals surface area contributed by atoms with Gasteiger partial charge in [0, 0.05) is 11.4 Å². The van der Waals surface area contributed by atoms with Crippen LogP contribution in [-0.4, -0.2) is 10.1 Å². The van der Waals surface area contributed by atoms with Gasteiger partial charge in [0.15, 0.2) is 11.5 Å². The topological polar surface area (TPSA) is 46.3 Å². The van der Waals surface area contributed by atoms with E-state index in [1.807, 2.05) is 18.2 Å². The molecular weight excluding hydrogens is 250 g/mol. The van der Waals surface area contributed by atoms with Gasteiger partial charge in [-0.25, -0.2) is 4.98 Å². The molecule has 90 valence electrons. The third-order valence-electron chi connectivity index (χ3n) is 2.69. The lowest BCUT2D eigenvalue weighted by Crippen LogP contribution is -1.86. The highest BCUT2D eigenvalue weighted by Gasteiger charge is 2.07. The van der Waals surface area contributed by atoms with Crippen LogP contribution in [0.2, 0.25) is 5.02 Å². The van der Waals surface area contributed by atoms with Crippen molar-refractivity contribution in [2.45, 2.75) is 6.42 Å². The Balaban J connectivity index is 1.92. The molecule has 0 aliphatic heterocycles. The number of fused-ring (bicyclic) bond motifs is 1. The molecule has 2 aromatic carbocycles. The van der Waals surface area contributed by atoms with Crippen molar-refractivity contribution in [2.75, 3.05) is 0 Å². The monoisotopic (exact) mass is 259 g/mol. The molecule has 0 fully saturated rings. The van der Waals surface area contributed by atoms with E-state index in [0.29, 0.717) is 17.3 Å². The van der Waals surface area contributed by atoms with Crippen molar-refractivity contribution in [3.8, 4) is 5.75 Å². The van der Waals surface area contributed by atoms with E-state index in [2.05, 4.69) is 4.98 Å². The Bertz CT molecular complexity index is 689. The first-order chi connectivity index (χ1) is 8.70. The van der Waals surface area contributed by atoms with Gasteiger partial charge in [0.1, 0.15) is 11.3 Å². The number of benzene rings is 2. The van der Waals surface area contributed by atoms with E-state index in [4.69, 9.17) is 16.0 Å². The molecule has 3 nitrogen and oxygen atoms in total. The van der Waals surface area contributed by atoms with Crippen LogP contribution in [0, 0.1) is 0 Å². The molecule has 1 heterocycles. The van der Waals surface area contributed by atoms with Crippen molar-refractivity contribution in [1.29, 1.82) is 0 Å². The first-order valence-corrected chi connectivity index (χ1v) is 5.91. The van der Waals surface area contributed by atoms with Crippen molar-refractivity contribution in [3.63, 3.8) is 0 Å². The molecule has 4 heteroatoms. The van der Waals surface area contributed by atoms with Crippen LogP contribution in [0.3, 0.4) is 0 Å². The van der Waals surface area contributed by atoms with E-state index >= 15 is 0 Å². The minimum atomic E-state index is 0.253. The summed E-state index contributed by atoms with van der Waals surface area (Å²) in [5.41, 5.74) is 2.52. The van der Waals surface area contributed by atoms with Gasteiger partial charge in [0.2, 0.25) is 0 Å². The van der Waals surface area contributed by atoms with Crippen molar-refractivity contribution in [1.82, 2.24) is 4.98 Å². The molecule has 0 atom stereocenters. The lowest BCUT2D eigenvalue weighted by atomic mass is 10.1. The summed E-state index contributed by atoms with van der Waals surface area (Å²) in [6.07, 6.45) is 0.590. The molecule has 0 amide bonds. The van der Waals surface area contributed by atoms with Crippen molar-refractivity contribution >= 4 is 22.7 Å². The summed E-state index contributed by atoms with van der Waals surface area (Å²) in [4.78, 5) is 4.38. The summed E-state index contributed by atoms with van der Waals surface area (Å²) in [5, 5.41) is 9.86. The van der Waals surface area contributed by atoms with Crippen LogP contribution in [-0.2, 0) is 6.42 Å². The number of nitrogens with zero attached hydrogens (tertiary/aromatic N) is 1. The molecule has 0 saturated heterocycles. The van der Waals surface area contributed by atoms with Gasteiger partial charge >= 0.3 is 0 Å². The number of halogens is 1. The fraction of sp³-hybridized carbons (Fsp3) is 0.0714. The van der Waals surface area contributed by atoms with E-state index in [1.54, 1.807) is 24.3 Å². The van der Waals surface area contributed by atoms with E-state index in [0.717, 1.165) is 16.7 Å². The van der Waals surface area contributed by atoms with E-state index in [9.17, 15) is 5.11 Å². The minimum Gasteiger partial charge on any atom is -0.508 e. The van der Waals surface area contributed by atoms with Crippen molar-refractivity contribution < 1.29 is 9.52 Å². The van der Waals surface area contributed by atoms with Gasteiger partial charge in [0.05, 0.1) is 0 Å². The first kappa shape index (κ1) is 11.1. The molecule has 0 bridgehead atoms. The smallest absolute Gasteiger partial charge is 0.199 e. The van der Waals surface area contributed by atoms with Crippen LogP contribution >= 0.6 is 11.6 Å². The summed E-state index contributed by atoms with van der Waals surface area (Å²) in [5.74, 6) is 0.890. The lowest BCUT2D eigenvalue weighted by Gasteiger charge is -1.97. The maximum atomic E-state index is 9.21. The average Bonchev–Trinajstić information content (AvgIpc) is 2.73. The summed E-state index contributed by atoms with van der Waals surface area (Å²) in [6.45, 7) is 0. The van der Waals surface area contributed by atoms with Gasteiger partial charge in [-0.05, 0) is 35.9 Å². The van der Waals surface area contributed by atoms with Gasteiger partial charge in [0.25, 0.3) is 0 Å². The van der Waals surface area contributed by atoms with Gasteiger partial charge < -0.3 is 9.52 Å². The zero-order valence-electron chi connectivity index (χ0n) is 9.43. The molecule has 0 aliphatic carbocycles. The van der Waals surface area contributed by atoms with Gasteiger partial charge in [-0.3, -0.25) is 0 Å². The number of rotatable bonds is 2. The average molecular weight is 260 g/mol. The Morgan fingerprint density at radius 3 is 2.67 bits per heavy atom. The van der Waals surface area contributed by atoms with Gasteiger partial charge in [-0.2, -0.15) is 0 Å². The quantitative estimate of drug-likeness (QED) is 0.762. The number of aromatic nitrogens is 1. The Kier molecular flexibility index (Phi) is 2.68. The molecule has 3 rings (SSSR count). The van der Waals surface area contributed by atoms with Crippen LogP contribution in [0.5, 0.6) is 5.75 Å². The predicted molar refractivity (Wildman–Crippen MR) is 69.9 cm³/mol. The number of hydrogen-bond acceptors (Lipinski definition) is 3. The summed E-state index contributed by atoms with van der Waals surface area (Å²) < 4.78 is 5.62. The van der Waals surface area contributed by atoms with E-state index in [1.165, 1.54) is 0 Å². The SMILES string of the molecule is Oc1ccc(Cc2nc3cc(Cl)ccc3o2)cc1. The largest absolute Gasteiger partial charge is 0.508 e. The highest BCUT2D eigenvalue weighted by atomic mass is 35.5. The second-order valence-electron chi connectivity index (χ2n) is 4.06. The highest BCUT2D eigenvalue weighted by molar-refractivity contribution is 6.31. The number of phenols is 1. The number of aromatic hydroxyl groups is 1. The molecule has 0 aliphatic rings. The number of oxazole rings is 1. The normalized spacial score (nSPS) is 10.9. The predicted octanol–water partition coefficient (Wildman–Crippen LogP) is 3.78. The Labute approximate surface area is 109 Å². The summed E-state index contributed by atoms with van der Waals surface area (Å²) in [7, 11) is 0. The Morgan fingerprint density at radius 2 is 1.89 bits per heavy atom. The van der Waals surface area contributed by atoms with Crippen LogP contribution in [0.15, 0.2) is 46.9 Å². The first-order valence-electron chi connectivity index (χ1n) is 5.53. The van der Waals surface area contributed by atoms with E-state index < -0.39 is 0 Å². The van der Waals surface area contributed by atoms with Crippen LogP contribution in [0.25, 0.3) is 11.1 Å². The molecule has 1 aromatic heterocycles. The van der Waals surface area contributed by atoms with Gasteiger partial charge in [-0.1, -0.05) is 23.7 Å². The Morgan fingerprint density at radius 1 is 1.11 bits per heavy atom. The Hall–Kier alpha value is -2.00. The standard InChI is InChI=1S/C14H10ClNO2/c15-10-3-6-13-12(8-10)16-14(18-13)7-9-1-4-11(17)5-2-9/h1-6,8,17H,7H2. The van der Waals surface area contributed by atoms with Gasteiger partial charge in [-0.15, -0.1) is 0 Å². The molecule has 18 heavy (non-hydrogen) atoms. The third-order valence-corrected chi connectivity index (χ3v) is 2.92. The fourth-order valence-electron chi connectivity index (χ4n) is 1.81. The maximum Gasteiger partial charge on any atom is 0.199 e. The lowest BCUT2D eigenvalue weighted by molar-refractivity contribution is 0.475. The molecule has 0 radical (unpaired) electrons. The molecular formula is C14H10ClNO2. The highest BCUT2D eigenvalue weighted by Crippen LogP contribution is 2.21. The number of hydrogen-bond donors (Lipinski definition) is 1. The zero-order chi connectivity index (χ0) is 12.5. The van der Waals surface area contributed by atoms with Crippen molar-refractivity contribution in [2.24, 2.45) is 0 Å². The molecule has 1 N–H and O–H groups in total. The third kappa shape index (κ3) is 2.17. The zero-order valence-corrected chi connectivity index (χ0v) is 10.2. The number of phenolic OH excluding ortho intramolecular Hbond substituents is 1.